The van der Waals surface area contributed by atoms with Gasteiger partial charge in [0, 0.05) is 6.08 Å². The average Bonchev–Trinajstić information content (AvgIpc) is 2.21. The lowest BCUT2D eigenvalue weighted by atomic mass is 9.85. The number of hydrogen-bond donors (Lipinski definition) is 2. The van der Waals surface area contributed by atoms with Crippen molar-refractivity contribution in [2.24, 2.45) is 0 Å². The van der Waals surface area contributed by atoms with Crippen molar-refractivity contribution in [2.75, 3.05) is 0 Å². The van der Waals surface area contributed by atoms with Crippen LogP contribution in [0.25, 0.3) is 0 Å². The summed E-state index contributed by atoms with van der Waals surface area (Å²) in [6.45, 7) is 11.3. The molecule has 0 aliphatic carbocycles. The van der Waals surface area contributed by atoms with E-state index in [0.717, 1.165) is 11.6 Å². The Kier molecular flexibility index (Phi) is 5.45. The molecule has 0 saturated carbocycles. The molecule has 2 N–H and O–H groups in total. The number of phenolic OH excluding ortho intramolecular Hbond substituents is 1. The third-order valence-electron chi connectivity index (χ3n) is 2.13. The van der Waals surface area contributed by atoms with Crippen molar-refractivity contribution in [2.45, 2.75) is 33.1 Å². The first-order valence-corrected chi connectivity index (χ1v) is 5.34. The third-order valence-corrected chi connectivity index (χ3v) is 2.13. The fourth-order valence-corrected chi connectivity index (χ4v) is 1.25. The highest BCUT2D eigenvalue weighted by Crippen LogP contribution is 2.30. The largest absolute Gasteiger partial charge is 0.508 e. The highest BCUT2D eigenvalue weighted by molar-refractivity contribution is 5.78. The zero-order valence-electron chi connectivity index (χ0n) is 10.8. The van der Waals surface area contributed by atoms with Gasteiger partial charge in [0.1, 0.15) is 5.75 Å². The smallest absolute Gasteiger partial charge is 0.327 e. The summed E-state index contributed by atoms with van der Waals surface area (Å²) in [5, 5.41) is 17.2. The number of aliphatic carboxylic acids is 1. The standard InChI is InChI=1S/C11H16O.C3H4O2/c1-8-5-6-10(12)9(7-8)11(2,3)4;1-2-3(4)5/h5-7,12H,1-4H3;2H,1H2,(H,4,5). The van der Waals surface area contributed by atoms with Crippen molar-refractivity contribution < 1.29 is 15.0 Å². The van der Waals surface area contributed by atoms with Gasteiger partial charge in [-0.25, -0.2) is 4.79 Å². The van der Waals surface area contributed by atoms with Crippen LogP contribution >= 0.6 is 0 Å². The van der Waals surface area contributed by atoms with Crippen molar-refractivity contribution in [1.82, 2.24) is 0 Å². The van der Waals surface area contributed by atoms with Gasteiger partial charge in [0.2, 0.25) is 0 Å². The number of carboxylic acid groups (broad SMARTS) is 1. The van der Waals surface area contributed by atoms with Crippen molar-refractivity contribution in [1.29, 1.82) is 0 Å². The van der Waals surface area contributed by atoms with E-state index in [1.54, 1.807) is 6.07 Å². The van der Waals surface area contributed by atoms with Crippen LogP contribution in [0, 0.1) is 6.92 Å². The van der Waals surface area contributed by atoms with E-state index in [1.807, 2.05) is 19.1 Å². The van der Waals surface area contributed by atoms with E-state index in [4.69, 9.17) is 5.11 Å². The molecule has 0 heterocycles. The van der Waals surface area contributed by atoms with Crippen LogP contribution in [0.5, 0.6) is 5.75 Å². The number of benzene rings is 1. The van der Waals surface area contributed by atoms with Gasteiger partial charge in [0.25, 0.3) is 0 Å². The zero-order chi connectivity index (χ0) is 13.6. The summed E-state index contributed by atoms with van der Waals surface area (Å²) >= 11 is 0. The molecular formula is C14H20O3. The number of hydrogen-bond acceptors (Lipinski definition) is 2. The monoisotopic (exact) mass is 236 g/mol. The molecule has 17 heavy (non-hydrogen) atoms. The summed E-state index contributed by atoms with van der Waals surface area (Å²) in [6, 6.07) is 5.72. The van der Waals surface area contributed by atoms with Crippen molar-refractivity contribution in [3.8, 4) is 5.75 Å². The number of phenols is 1. The Morgan fingerprint density at radius 3 is 2.12 bits per heavy atom. The van der Waals surface area contributed by atoms with Crippen LogP contribution < -0.4 is 0 Å². The number of carbonyl (C=O) groups is 1. The fourth-order valence-electron chi connectivity index (χ4n) is 1.25. The van der Waals surface area contributed by atoms with E-state index in [0.29, 0.717) is 5.75 Å². The van der Waals surface area contributed by atoms with Crippen molar-refractivity contribution in [3.05, 3.63) is 42.0 Å². The first-order chi connectivity index (χ1) is 7.68. The quantitative estimate of drug-likeness (QED) is 0.736. The van der Waals surface area contributed by atoms with Crippen LogP contribution in [0.4, 0.5) is 0 Å². The summed E-state index contributed by atoms with van der Waals surface area (Å²) in [7, 11) is 0. The van der Waals surface area contributed by atoms with E-state index in [9.17, 15) is 9.90 Å². The van der Waals surface area contributed by atoms with Crippen LogP contribution in [-0.4, -0.2) is 16.2 Å². The Morgan fingerprint density at radius 2 is 1.82 bits per heavy atom. The van der Waals surface area contributed by atoms with Gasteiger partial charge >= 0.3 is 5.97 Å². The van der Waals surface area contributed by atoms with Crippen LogP contribution in [0.15, 0.2) is 30.9 Å². The highest BCUT2D eigenvalue weighted by Gasteiger charge is 2.17. The maximum absolute atomic E-state index is 9.57. The maximum Gasteiger partial charge on any atom is 0.327 e. The topological polar surface area (TPSA) is 57.5 Å². The minimum atomic E-state index is -0.981. The molecule has 3 heteroatoms. The molecule has 0 spiro atoms. The van der Waals surface area contributed by atoms with Gasteiger partial charge in [-0.2, -0.15) is 0 Å². The van der Waals surface area contributed by atoms with Gasteiger partial charge in [0.15, 0.2) is 0 Å². The van der Waals surface area contributed by atoms with E-state index in [2.05, 4.69) is 27.4 Å². The van der Waals surface area contributed by atoms with Gasteiger partial charge in [-0.1, -0.05) is 45.0 Å². The molecule has 0 unspecified atom stereocenters. The van der Waals surface area contributed by atoms with E-state index >= 15 is 0 Å². The lowest BCUT2D eigenvalue weighted by molar-refractivity contribution is -0.131. The molecule has 0 aromatic heterocycles. The predicted octanol–water partition coefficient (Wildman–Crippen LogP) is 3.26. The molecule has 0 radical (unpaired) electrons. The lowest BCUT2D eigenvalue weighted by Crippen LogP contribution is -2.11. The molecule has 0 saturated heterocycles. The molecule has 0 bridgehead atoms. The summed E-state index contributed by atoms with van der Waals surface area (Å²) < 4.78 is 0. The fraction of sp³-hybridized carbons (Fsp3) is 0.357. The Hall–Kier alpha value is -1.77. The number of carboxylic acids is 1. The summed E-state index contributed by atoms with van der Waals surface area (Å²) in [5.74, 6) is -0.585. The Bertz CT molecular complexity index is 400. The number of rotatable bonds is 1. The molecular weight excluding hydrogens is 216 g/mol. The molecule has 0 aliphatic heterocycles. The van der Waals surface area contributed by atoms with Crippen LogP contribution in [0.3, 0.4) is 0 Å². The summed E-state index contributed by atoms with van der Waals surface area (Å²) in [4.78, 5) is 9.25. The number of aromatic hydroxyl groups is 1. The maximum atomic E-state index is 9.57. The normalized spacial score (nSPS) is 10.1. The molecule has 3 nitrogen and oxygen atoms in total. The summed E-state index contributed by atoms with van der Waals surface area (Å²) in [6.07, 6.45) is 0.833. The van der Waals surface area contributed by atoms with Crippen LogP contribution in [0.2, 0.25) is 0 Å². The average molecular weight is 236 g/mol. The Labute approximate surface area is 102 Å². The molecule has 0 amide bonds. The van der Waals surface area contributed by atoms with Gasteiger partial charge in [-0.15, -0.1) is 0 Å². The van der Waals surface area contributed by atoms with Crippen molar-refractivity contribution in [3.63, 3.8) is 0 Å². The highest BCUT2D eigenvalue weighted by atomic mass is 16.4. The molecule has 1 rings (SSSR count). The molecule has 0 atom stereocenters. The predicted molar refractivity (Wildman–Crippen MR) is 69.4 cm³/mol. The SMILES string of the molecule is C=CC(=O)O.Cc1ccc(O)c(C(C)(C)C)c1. The zero-order valence-corrected chi connectivity index (χ0v) is 10.8. The second-order valence-corrected chi connectivity index (χ2v) is 4.81. The lowest BCUT2D eigenvalue weighted by Gasteiger charge is -2.20. The van der Waals surface area contributed by atoms with Crippen molar-refractivity contribution >= 4 is 5.97 Å². The van der Waals surface area contributed by atoms with Gasteiger partial charge < -0.3 is 10.2 Å². The first kappa shape index (κ1) is 15.2. The van der Waals surface area contributed by atoms with Gasteiger partial charge in [-0.05, 0) is 24.0 Å². The minimum Gasteiger partial charge on any atom is -0.508 e. The van der Waals surface area contributed by atoms with Crippen LogP contribution in [0.1, 0.15) is 31.9 Å². The van der Waals surface area contributed by atoms with E-state index in [-0.39, 0.29) is 5.41 Å². The van der Waals surface area contributed by atoms with Crippen LogP contribution in [-0.2, 0) is 10.2 Å². The third kappa shape index (κ3) is 5.76. The number of aryl methyl sites for hydroxylation is 1. The molecule has 1 aromatic rings. The second kappa shape index (κ2) is 6.09. The Balaban J connectivity index is 0.000000437. The molecule has 1 aromatic carbocycles. The minimum absolute atomic E-state index is 0.0239. The molecule has 0 aliphatic rings. The van der Waals surface area contributed by atoms with Gasteiger partial charge in [0.05, 0.1) is 0 Å². The first-order valence-electron chi connectivity index (χ1n) is 5.34. The van der Waals surface area contributed by atoms with Gasteiger partial charge in [-0.3, -0.25) is 0 Å². The van der Waals surface area contributed by atoms with E-state index in [1.165, 1.54) is 5.56 Å². The molecule has 0 fully saturated rings. The Morgan fingerprint density at radius 1 is 1.35 bits per heavy atom. The summed E-state index contributed by atoms with van der Waals surface area (Å²) in [5.41, 5.74) is 2.23. The van der Waals surface area contributed by atoms with E-state index < -0.39 is 5.97 Å². The molecule has 94 valence electrons. The second-order valence-electron chi connectivity index (χ2n) is 4.81.